The molecule has 164 valence electrons. The van der Waals surface area contributed by atoms with Crippen LogP contribution < -0.4 is 5.32 Å². The first kappa shape index (κ1) is 22.5. The minimum atomic E-state index is -0.0796. The van der Waals surface area contributed by atoms with Crippen molar-refractivity contribution in [3.05, 3.63) is 41.7 Å². The Hall–Kier alpha value is -2.21. The maximum Gasteiger partial charge on any atom is 0.252 e. The Morgan fingerprint density at radius 2 is 1.97 bits per heavy atom. The van der Waals surface area contributed by atoms with E-state index in [0.29, 0.717) is 42.2 Å². The average Bonchev–Trinajstić information content (AvgIpc) is 2.74. The van der Waals surface area contributed by atoms with Crippen molar-refractivity contribution >= 4 is 11.8 Å². The van der Waals surface area contributed by atoms with Crippen molar-refractivity contribution in [2.45, 2.75) is 33.6 Å². The van der Waals surface area contributed by atoms with Gasteiger partial charge in [0.2, 0.25) is 5.91 Å². The topological polar surface area (TPSA) is 65.5 Å². The first-order valence-electron chi connectivity index (χ1n) is 11.2. The summed E-state index contributed by atoms with van der Waals surface area (Å²) in [7, 11) is 2.11. The molecular weight excluding hydrogens is 376 g/mol. The second-order valence-corrected chi connectivity index (χ2v) is 9.25. The number of nitrogens with one attached hydrogen (secondary N) is 1. The smallest absolute Gasteiger partial charge is 0.252 e. The number of hydrogen-bond acceptors (Lipinski definition) is 4. The van der Waals surface area contributed by atoms with Crippen LogP contribution in [0.5, 0.6) is 0 Å². The first-order chi connectivity index (χ1) is 14.3. The molecule has 1 aromatic heterocycles. The molecule has 1 fully saturated rings. The van der Waals surface area contributed by atoms with E-state index in [1.807, 2.05) is 4.90 Å². The second-order valence-electron chi connectivity index (χ2n) is 9.25. The summed E-state index contributed by atoms with van der Waals surface area (Å²) in [6, 6.07) is 3.56. The molecule has 1 saturated heterocycles. The average molecular weight is 413 g/mol. The molecule has 6 nitrogen and oxygen atoms in total. The van der Waals surface area contributed by atoms with E-state index < -0.39 is 0 Å². The molecule has 0 spiro atoms. The third-order valence-corrected chi connectivity index (χ3v) is 6.78. The van der Waals surface area contributed by atoms with Crippen LogP contribution >= 0.6 is 0 Å². The highest BCUT2D eigenvalue weighted by atomic mass is 16.2. The van der Waals surface area contributed by atoms with Crippen molar-refractivity contribution < 1.29 is 9.59 Å². The number of aromatic nitrogens is 1. The van der Waals surface area contributed by atoms with Crippen LogP contribution in [-0.4, -0.2) is 66.4 Å². The van der Waals surface area contributed by atoms with Gasteiger partial charge >= 0.3 is 0 Å². The number of nitrogens with zero attached hydrogens (tertiary/aromatic N) is 3. The van der Waals surface area contributed by atoms with Gasteiger partial charge in [0.15, 0.2) is 0 Å². The van der Waals surface area contributed by atoms with Crippen molar-refractivity contribution in [1.29, 1.82) is 0 Å². The van der Waals surface area contributed by atoms with E-state index in [4.69, 9.17) is 0 Å². The summed E-state index contributed by atoms with van der Waals surface area (Å²) in [6.45, 7) is 10.8. The Bertz CT molecular complexity index is 754. The van der Waals surface area contributed by atoms with E-state index in [2.05, 4.69) is 49.1 Å². The minimum Gasteiger partial charge on any atom is -0.351 e. The van der Waals surface area contributed by atoms with Crippen LogP contribution in [0.2, 0.25) is 0 Å². The highest BCUT2D eigenvalue weighted by Crippen LogP contribution is 2.39. The molecule has 1 aromatic rings. The molecule has 2 amide bonds. The summed E-state index contributed by atoms with van der Waals surface area (Å²) < 4.78 is 0. The van der Waals surface area contributed by atoms with Gasteiger partial charge in [-0.1, -0.05) is 25.5 Å². The largest absolute Gasteiger partial charge is 0.351 e. The second kappa shape index (κ2) is 10.2. The van der Waals surface area contributed by atoms with E-state index in [-0.39, 0.29) is 11.8 Å². The van der Waals surface area contributed by atoms with Gasteiger partial charge in [-0.15, -0.1) is 0 Å². The maximum absolute atomic E-state index is 12.9. The fourth-order valence-electron chi connectivity index (χ4n) is 4.71. The van der Waals surface area contributed by atoms with E-state index in [1.54, 1.807) is 24.5 Å². The fraction of sp³-hybridized carbons (Fsp3) is 0.625. The van der Waals surface area contributed by atoms with E-state index in [9.17, 15) is 9.59 Å². The number of hydrogen-bond donors (Lipinski definition) is 1. The van der Waals surface area contributed by atoms with Crippen LogP contribution in [-0.2, 0) is 4.79 Å². The lowest BCUT2D eigenvalue weighted by atomic mass is 9.69. The van der Waals surface area contributed by atoms with Crippen LogP contribution in [0.4, 0.5) is 0 Å². The highest BCUT2D eigenvalue weighted by molar-refractivity contribution is 5.93. The Balaban J connectivity index is 1.61. The van der Waals surface area contributed by atoms with Gasteiger partial charge < -0.3 is 15.1 Å². The zero-order valence-corrected chi connectivity index (χ0v) is 18.8. The van der Waals surface area contributed by atoms with Crippen LogP contribution in [0.25, 0.3) is 0 Å². The lowest BCUT2D eigenvalue weighted by molar-refractivity contribution is -0.133. The third kappa shape index (κ3) is 5.69. The maximum atomic E-state index is 12.9. The van der Waals surface area contributed by atoms with Crippen LogP contribution in [0.3, 0.4) is 0 Å². The van der Waals surface area contributed by atoms with Gasteiger partial charge in [-0.3, -0.25) is 14.6 Å². The molecule has 0 saturated carbocycles. The molecule has 0 aromatic carbocycles. The number of amides is 2. The number of carbonyl (C=O) groups excluding carboxylic acids is 2. The number of piperazine rings is 1. The molecule has 2 aliphatic rings. The van der Waals surface area contributed by atoms with Crippen molar-refractivity contribution in [1.82, 2.24) is 20.1 Å². The molecule has 30 heavy (non-hydrogen) atoms. The zero-order valence-electron chi connectivity index (χ0n) is 18.8. The molecule has 3 rings (SSSR count). The molecule has 1 aliphatic carbocycles. The summed E-state index contributed by atoms with van der Waals surface area (Å²) in [5, 5.41) is 3.08. The summed E-state index contributed by atoms with van der Waals surface area (Å²) in [4.78, 5) is 33.6. The molecular formula is C24H36N4O2. The van der Waals surface area contributed by atoms with Gasteiger partial charge in [0.1, 0.15) is 0 Å². The molecule has 6 heteroatoms. The highest BCUT2D eigenvalue weighted by Gasteiger charge is 2.33. The molecule has 1 aliphatic heterocycles. The number of rotatable bonds is 6. The Morgan fingerprint density at radius 1 is 1.23 bits per heavy atom. The van der Waals surface area contributed by atoms with Gasteiger partial charge in [-0.05, 0) is 56.2 Å². The van der Waals surface area contributed by atoms with E-state index >= 15 is 0 Å². The lowest BCUT2D eigenvalue weighted by Crippen LogP contribution is -2.47. The van der Waals surface area contributed by atoms with Gasteiger partial charge in [0.25, 0.3) is 5.91 Å². The van der Waals surface area contributed by atoms with Crippen LogP contribution in [0, 0.1) is 23.7 Å². The summed E-state index contributed by atoms with van der Waals surface area (Å²) in [5.74, 6) is 1.75. The summed E-state index contributed by atoms with van der Waals surface area (Å²) in [6.07, 6.45) is 7.18. The van der Waals surface area contributed by atoms with Gasteiger partial charge in [0, 0.05) is 51.5 Å². The standard InChI is InChI=1S/C24H36N4O2/c1-17(2)22-13-20(14-23(29)28-10-8-27(4)9-11-28)18(3)12-21(22)16-26-24(30)19-6-5-7-25-15-19/h5-7,12,15,17,20-22H,8-11,13-14,16H2,1-4H3,(H,26,30)/t20-,21-,22-/m0/s1. The number of allylic oxidation sites excluding steroid dienone is 1. The summed E-state index contributed by atoms with van der Waals surface area (Å²) in [5.41, 5.74) is 1.88. The normalized spacial score (nSPS) is 25.2. The Labute approximate surface area is 180 Å². The molecule has 3 atom stereocenters. The Kier molecular flexibility index (Phi) is 7.64. The predicted octanol–water partition coefficient (Wildman–Crippen LogP) is 2.83. The molecule has 2 heterocycles. The monoisotopic (exact) mass is 412 g/mol. The van der Waals surface area contributed by atoms with Crippen molar-refractivity contribution in [3.63, 3.8) is 0 Å². The van der Waals surface area contributed by atoms with Crippen molar-refractivity contribution in [2.24, 2.45) is 23.7 Å². The summed E-state index contributed by atoms with van der Waals surface area (Å²) >= 11 is 0. The number of carbonyl (C=O) groups is 2. The molecule has 0 radical (unpaired) electrons. The van der Waals surface area contributed by atoms with Gasteiger partial charge in [-0.2, -0.15) is 0 Å². The van der Waals surface area contributed by atoms with Crippen LogP contribution in [0.15, 0.2) is 36.2 Å². The Morgan fingerprint density at radius 3 is 2.60 bits per heavy atom. The third-order valence-electron chi connectivity index (χ3n) is 6.78. The van der Waals surface area contributed by atoms with E-state index in [1.165, 1.54) is 5.57 Å². The van der Waals surface area contributed by atoms with E-state index in [0.717, 1.165) is 32.6 Å². The number of likely N-dealkylation sites (N-methyl/N-ethyl adjacent to an activating group) is 1. The molecule has 1 N–H and O–H groups in total. The first-order valence-corrected chi connectivity index (χ1v) is 11.2. The zero-order chi connectivity index (χ0) is 21.7. The number of pyridine rings is 1. The minimum absolute atomic E-state index is 0.0796. The lowest BCUT2D eigenvalue weighted by Gasteiger charge is -2.38. The SMILES string of the molecule is CC1=C[C@@H](CNC(=O)c2cccnc2)[C@H](C(C)C)C[C@H]1CC(=O)N1CCN(C)CC1. The molecule has 0 bridgehead atoms. The fourth-order valence-corrected chi connectivity index (χ4v) is 4.71. The van der Waals surface area contributed by atoms with Crippen LogP contribution in [0.1, 0.15) is 44.0 Å². The quantitative estimate of drug-likeness (QED) is 0.730. The van der Waals surface area contributed by atoms with Crippen molar-refractivity contribution in [3.8, 4) is 0 Å². The van der Waals surface area contributed by atoms with Crippen molar-refractivity contribution in [2.75, 3.05) is 39.8 Å². The van der Waals surface area contributed by atoms with Gasteiger partial charge in [-0.25, -0.2) is 0 Å². The van der Waals surface area contributed by atoms with Gasteiger partial charge in [0.05, 0.1) is 5.56 Å². The molecule has 0 unspecified atom stereocenters. The predicted molar refractivity (Wildman–Crippen MR) is 119 cm³/mol.